The van der Waals surface area contributed by atoms with Gasteiger partial charge < -0.3 is 19.4 Å². The van der Waals surface area contributed by atoms with Crippen LogP contribution in [0.1, 0.15) is 41.5 Å². The number of β-amino-alcohol motifs (C(OH)–C–C–N with tert-alkyl or cyclic N) is 1. The first-order valence-corrected chi connectivity index (χ1v) is 11.7. The van der Waals surface area contributed by atoms with E-state index >= 15 is 0 Å². The second-order valence-electron chi connectivity index (χ2n) is 9.19. The Bertz CT molecular complexity index is 505. The number of hydrogen-bond donors (Lipinski definition) is 2. The fourth-order valence-corrected chi connectivity index (χ4v) is 3.24. The molecule has 0 aromatic heterocycles. The first-order chi connectivity index (χ1) is 11.2. The third-order valence-corrected chi connectivity index (χ3v) is 9.34. The topological polar surface area (TPSA) is 79.2 Å². The Hall–Kier alpha value is -0.893. The SMILES string of the molecule is CC(C)(C)OC(=O)N1C[C@@H](O)C(CO)=C[C@H]1CO[Si](C)(C)C(C)(C)C. The van der Waals surface area contributed by atoms with Crippen molar-refractivity contribution in [2.45, 2.75) is 77.4 Å². The molecule has 6 nitrogen and oxygen atoms in total. The molecule has 0 bridgehead atoms. The molecule has 0 radical (unpaired) electrons. The minimum Gasteiger partial charge on any atom is -0.444 e. The van der Waals surface area contributed by atoms with E-state index in [1.165, 1.54) is 4.90 Å². The maximum Gasteiger partial charge on any atom is 0.410 e. The van der Waals surface area contributed by atoms with E-state index in [4.69, 9.17) is 9.16 Å². The Morgan fingerprint density at radius 1 is 1.28 bits per heavy atom. The molecule has 2 N–H and O–H groups in total. The number of nitrogens with zero attached hydrogens (tertiary/aromatic N) is 1. The minimum atomic E-state index is -1.98. The van der Waals surface area contributed by atoms with E-state index in [-0.39, 0.29) is 24.2 Å². The van der Waals surface area contributed by atoms with Crippen molar-refractivity contribution < 1.29 is 24.2 Å². The number of carbonyl (C=O) groups excluding carboxylic acids is 1. The van der Waals surface area contributed by atoms with Crippen molar-refractivity contribution >= 4 is 14.4 Å². The quantitative estimate of drug-likeness (QED) is 0.585. The van der Waals surface area contributed by atoms with Crippen molar-refractivity contribution in [3.63, 3.8) is 0 Å². The van der Waals surface area contributed by atoms with Crippen LogP contribution in [0.15, 0.2) is 11.6 Å². The normalized spacial score (nSPS) is 22.6. The first-order valence-electron chi connectivity index (χ1n) is 8.81. The fourth-order valence-electron chi connectivity index (χ4n) is 2.22. The molecule has 7 heteroatoms. The van der Waals surface area contributed by atoms with Gasteiger partial charge in [-0.1, -0.05) is 26.8 Å². The molecule has 1 rings (SSSR count). The smallest absolute Gasteiger partial charge is 0.410 e. The van der Waals surface area contributed by atoms with Crippen molar-refractivity contribution in [1.29, 1.82) is 0 Å². The highest BCUT2D eigenvalue weighted by Gasteiger charge is 2.40. The Labute approximate surface area is 152 Å². The van der Waals surface area contributed by atoms with Gasteiger partial charge in [0, 0.05) is 0 Å². The summed E-state index contributed by atoms with van der Waals surface area (Å²) in [6, 6.07) is -0.366. The second kappa shape index (κ2) is 7.78. The summed E-state index contributed by atoms with van der Waals surface area (Å²) in [6.45, 7) is 16.4. The highest BCUT2D eigenvalue weighted by molar-refractivity contribution is 6.74. The van der Waals surface area contributed by atoms with Crippen LogP contribution in [0.5, 0.6) is 0 Å². The number of carbonyl (C=O) groups is 1. The predicted molar refractivity (Wildman–Crippen MR) is 101 cm³/mol. The molecule has 25 heavy (non-hydrogen) atoms. The Morgan fingerprint density at radius 2 is 1.84 bits per heavy atom. The van der Waals surface area contributed by atoms with Crippen LogP contribution in [-0.4, -0.2) is 67.0 Å². The number of amides is 1. The monoisotopic (exact) mass is 373 g/mol. The van der Waals surface area contributed by atoms with Crippen LogP contribution in [0.3, 0.4) is 0 Å². The molecule has 1 aliphatic rings. The summed E-state index contributed by atoms with van der Waals surface area (Å²) in [6.07, 6.45) is 0.357. The molecule has 2 atom stereocenters. The third-order valence-electron chi connectivity index (χ3n) is 4.84. The number of aliphatic hydroxyl groups excluding tert-OH is 2. The van der Waals surface area contributed by atoms with Gasteiger partial charge in [-0.15, -0.1) is 0 Å². The molecule has 146 valence electrons. The molecule has 1 heterocycles. The highest BCUT2D eigenvalue weighted by atomic mass is 28.4. The van der Waals surface area contributed by atoms with Gasteiger partial charge in [-0.25, -0.2) is 4.79 Å². The molecule has 0 saturated heterocycles. The lowest BCUT2D eigenvalue weighted by Gasteiger charge is -2.41. The van der Waals surface area contributed by atoms with E-state index in [0.717, 1.165) is 0 Å². The van der Waals surface area contributed by atoms with E-state index in [0.29, 0.717) is 12.2 Å². The van der Waals surface area contributed by atoms with E-state index in [1.54, 1.807) is 26.8 Å². The fraction of sp³-hybridized carbons (Fsp3) is 0.833. The van der Waals surface area contributed by atoms with Crippen LogP contribution in [0.25, 0.3) is 0 Å². The molecule has 0 saturated carbocycles. The lowest BCUT2D eigenvalue weighted by molar-refractivity contribution is 0.00147. The van der Waals surface area contributed by atoms with Crippen molar-refractivity contribution in [1.82, 2.24) is 4.90 Å². The lowest BCUT2D eigenvalue weighted by Crippen LogP contribution is -2.53. The zero-order chi connectivity index (χ0) is 19.6. The van der Waals surface area contributed by atoms with Gasteiger partial charge >= 0.3 is 6.09 Å². The molecular formula is C18H35NO5Si. The summed E-state index contributed by atoms with van der Waals surface area (Å²) < 4.78 is 11.7. The van der Waals surface area contributed by atoms with Gasteiger partial charge in [-0.2, -0.15) is 0 Å². The minimum absolute atomic E-state index is 0.0570. The van der Waals surface area contributed by atoms with Crippen LogP contribution in [0.2, 0.25) is 18.1 Å². The van der Waals surface area contributed by atoms with Crippen molar-refractivity contribution in [3.8, 4) is 0 Å². The van der Waals surface area contributed by atoms with Gasteiger partial charge in [0.05, 0.1) is 31.9 Å². The predicted octanol–water partition coefficient (Wildman–Crippen LogP) is 2.91. The summed E-state index contributed by atoms with van der Waals surface area (Å²) in [5, 5.41) is 19.7. The number of hydrogen-bond acceptors (Lipinski definition) is 5. The maximum absolute atomic E-state index is 12.5. The van der Waals surface area contributed by atoms with Gasteiger partial charge in [-0.3, -0.25) is 4.90 Å². The molecule has 0 unspecified atom stereocenters. The Morgan fingerprint density at radius 3 is 2.28 bits per heavy atom. The van der Waals surface area contributed by atoms with Crippen LogP contribution in [0, 0.1) is 0 Å². The standard InChI is InChI=1S/C18H35NO5Si/c1-17(2,3)24-16(22)19-10-15(21)13(11-20)9-14(19)12-23-25(7,8)18(4,5)6/h9,14-15,20-21H,10-12H2,1-8H3/t14-,15+/m0/s1. The Kier molecular flexibility index (Phi) is 6.89. The lowest BCUT2D eigenvalue weighted by atomic mass is 10.0. The molecule has 1 aliphatic heterocycles. The summed E-state index contributed by atoms with van der Waals surface area (Å²) in [4.78, 5) is 14.0. The molecule has 0 spiro atoms. The number of rotatable bonds is 4. The molecule has 0 fully saturated rings. The van der Waals surface area contributed by atoms with Gasteiger partial charge in [0.1, 0.15) is 5.60 Å². The van der Waals surface area contributed by atoms with Crippen LogP contribution < -0.4 is 0 Å². The average molecular weight is 374 g/mol. The molecule has 0 aromatic rings. The summed E-state index contributed by atoms with van der Waals surface area (Å²) in [5.74, 6) is 0. The van der Waals surface area contributed by atoms with E-state index < -0.39 is 26.1 Å². The van der Waals surface area contributed by atoms with Gasteiger partial charge in [0.15, 0.2) is 8.32 Å². The number of aliphatic hydroxyl groups is 2. The number of ether oxygens (including phenoxy) is 1. The zero-order valence-corrected chi connectivity index (χ0v) is 17.9. The van der Waals surface area contributed by atoms with E-state index in [1.807, 2.05) is 0 Å². The molecule has 0 aliphatic carbocycles. The second-order valence-corrected chi connectivity index (χ2v) is 14.0. The van der Waals surface area contributed by atoms with Gasteiger partial charge in [0.2, 0.25) is 0 Å². The maximum atomic E-state index is 12.5. The highest BCUT2D eigenvalue weighted by Crippen LogP contribution is 2.37. The van der Waals surface area contributed by atoms with Crippen molar-refractivity contribution in [3.05, 3.63) is 11.6 Å². The average Bonchev–Trinajstić information content (AvgIpc) is 2.42. The molecule has 0 aromatic carbocycles. The van der Waals surface area contributed by atoms with E-state index in [2.05, 4.69) is 33.9 Å². The summed E-state index contributed by atoms with van der Waals surface area (Å²) in [7, 11) is -1.98. The summed E-state index contributed by atoms with van der Waals surface area (Å²) >= 11 is 0. The van der Waals surface area contributed by atoms with Crippen molar-refractivity contribution in [2.24, 2.45) is 0 Å². The van der Waals surface area contributed by atoms with Gasteiger partial charge in [-0.05, 0) is 44.5 Å². The zero-order valence-electron chi connectivity index (χ0n) is 16.9. The molecule has 1 amide bonds. The molecular weight excluding hydrogens is 338 g/mol. The largest absolute Gasteiger partial charge is 0.444 e. The van der Waals surface area contributed by atoms with Gasteiger partial charge in [0.25, 0.3) is 0 Å². The van der Waals surface area contributed by atoms with E-state index in [9.17, 15) is 15.0 Å². The van der Waals surface area contributed by atoms with Crippen LogP contribution in [-0.2, 0) is 9.16 Å². The van der Waals surface area contributed by atoms with Crippen LogP contribution in [0.4, 0.5) is 4.79 Å². The summed E-state index contributed by atoms with van der Waals surface area (Å²) in [5.41, 5.74) is -0.1000. The van der Waals surface area contributed by atoms with Crippen LogP contribution >= 0.6 is 0 Å². The van der Waals surface area contributed by atoms with Crippen molar-refractivity contribution in [2.75, 3.05) is 19.8 Å². The first kappa shape index (κ1) is 22.1. The third kappa shape index (κ3) is 6.09. The Balaban J connectivity index is 2.99.